The van der Waals surface area contributed by atoms with E-state index < -0.39 is 0 Å². The molecule has 0 aromatic heterocycles. The number of hydrogen-bond donors (Lipinski definition) is 0. The second-order valence-electron chi connectivity index (χ2n) is 7.53. The highest BCUT2D eigenvalue weighted by Crippen LogP contribution is 2.50. The van der Waals surface area contributed by atoms with E-state index in [0.717, 1.165) is 55.5 Å². The second-order valence-corrected chi connectivity index (χ2v) is 7.53. The van der Waals surface area contributed by atoms with Crippen molar-refractivity contribution in [2.24, 2.45) is 5.41 Å². The smallest absolute Gasteiger partial charge is 0.169 e. The van der Waals surface area contributed by atoms with E-state index in [-0.39, 0.29) is 5.41 Å². The summed E-state index contributed by atoms with van der Waals surface area (Å²) in [7, 11) is 5.85. The molecule has 0 bridgehead atoms. The molecule has 0 radical (unpaired) electrons. The molecule has 2 aliphatic carbocycles. The van der Waals surface area contributed by atoms with Crippen LogP contribution < -0.4 is 4.74 Å². The summed E-state index contributed by atoms with van der Waals surface area (Å²) >= 11 is 0. The number of benzene rings is 1. The fraction of sp³-hybridized carbons (Fsp3) is 0.500. The molecule has 0 spiro atoms. The summed E-state index contributed by atoms with van der Waals surface area (Å²) in [6.07, 6.45) is 10.6. The molecule has 1 aromatic carbocycles. The molecule has 0 amide bonds. The lowest BCUT2D eigenvalue weighted by atomic mass is 9.74. The number of allylic oxidation sites excluding steroid dienone is 3. The van der Waals surface area contributed by atoms with E-state index in [4.69, 9.17) is 4.74 Å². The first-order valence-corrected chi connectivity index (χ1v) is 9.29. The first-order chi connectivity index (χ1) is 12.0. The maximum Gasteiger partial charge on any atom is 0.169 e. The first-order valence-electron chi connectivity index (χ1n) is 9.29. The fourth-order valence-electron chi connectivity index (χ4n) is 4.18. The Balaban J connectivity index is 1.89. The minimum absolute atomic E-state index is 0.258. The number of rotatable bonds is 6. The first kappa shape index (κ1) is 17.9. The molecule has 3 heteroatoms. The topological polar surface area (TPSA) is 29.5 Å². The van der Waals surface area contributed by atoms with E-state index in [2.05, 4.69) is 31.1 Å². The quantitative estimate of drug-likeness (QED) is 0.565. The van der Waals surface area contributed by atoms with Crippen LogP contribution in [0, 0.1) is 5.41 Å². The summed E-state index contributed by atoms with van der Waals surface area (Å²) in [4.78, 5) is 15.6. The largest absolute Gasteiger partial charge is 0.497 e. The van der Waals surface area contributed by atoms with E-state index in [1.54, 1.807) is 7.11 Å². The summed E-state index contributed by atoms with van der Waals surface area (Å²) < 4.78 is 5.30. The standard InChI is InChI=1S/C22H29NO2/c1-23(2)14-13-22(19-8-4-5-9-19)12-11-18(21(22)24)15-17-7-6-10-20(16-17)25-3/h6-8,10,15-16H,4-5,9,11-14H2,1-3H3/b18-15+. The molecule has 0 saturated heterocycles. The third-order valence-electron chi connectivity index (χ3n) is 5.62. The highest BCUT2D eigenvalue weighted by molar-refractivity contribution is 6.07. The van der Waals surface area contributed by atoms with Crippen LogP contribution in [0.3, 0.4) is 0 Å². The highest BCUT2D eigenvalue weighted by Gasteiger charge is 2.47. The van der Waals surface area contributed by atoms with Gasteiger partial charge in [-0.1, -0.05) is 23.8 Å². The van der Waals surface area contributed by atoms with E-state index in [1.165, 1.54) is 12.0 Å². The Morgan fingerprint density at radius 3 is 2.80 bits per heavy atom. The van der Waals surface area contributed by atoms with Crippen molar-refractivity contribution >= 4 is 11.9 Å². The van der Waals surface area contributed by atoms with Crippen molar-refractivity contribution in [2.75, 3.05) is 27.7 Å². The summed E-state index contributed by atoms with van der Waals surface area (Å²) in [5.41, 5.74) is 3.16. The molecular weight excluding hydrogens is 310 g/mol. The Bertz CT molecular complexity index is 702. The van der Waals surface area contributed by atoms with Crippen LogP contribution in [0.5, 0.6) is 5.75 Å². The Kier molecular flexibility index (Phi) is 5.43. The van der Waals surface area contributed by atoms with E-state index in [1.807, 2.05) is 24.3 Å². The predicted octanol–water partition coefficient (Wildman–Crippen LogP) is 4.49. The second kappa shape index (κ2) is 7.57. The molecule has 1 saturated carbocycles. The molecule has 2 aliphatic rings. The Labute approximate surface area is 151 Å². The number of nitrogens with zero attached hydrogens (tertiary/aromatic N) is 1. The van der Waals surface area contributed by atoms with Gasteiger partial charge in [-0.15, -0.1) is 0 Å². The minimum Gasteiger partial charge on any atom is -0.497 e. The zero-order valence-corrected chi connectivity index (χ0v) is 15.7. The molecular formula is C22H29NO2. The number of ether oxygens (including phenoxy) is 1. The lowest BCUT2D eigenvalue weighted by Crippen LogP contribution is -2.32. The van der Waals surface area contributed by atoms with E-state index >= 15 is 0 Å². The third-order valence-corrected chi connectivity index (χ3v) is 5.62. The predicted molar refractivity (Wildman–Crippen MR) is 103 cm³/mol. The van der Waals surface area contributed by atoms with Crippen molar-refractivity contribution in [1.82, 2.24) is 4.90 Å². The van der Waals surface area contributed by atoms with Crippen LogP contribution in [-0.4, -0.2) is 38.4 Å². The van der Waals surface area contributed by atoms with Crippen molar-refractivity contribution in [1.29, 1.82) is 0 Å². The van der Waals surface area contributed by atoms with Gasteiger partial charge in [0.25, 0.3) is 0 Å². The maximum absolute atomic E-state index is 13.4. The number of Topliss-reactive ketones (excluding diaryl/α,β-unsaturated/α-hetero) is 1. The van der Waals surface area contributed by atoms with Gasteiger partial charge in [-0.05, 0) is 88.5 Å². The van der Waals surface area contributed by atoms with Gasteiger partial charge >= 0.3 is 0 Å². The summed E-state index contributed by atoms with van der Waals surface area (Å²) in [5.74, 6) is 1.18. The SMILES string of the molecule is COc1cccc(/C=C2\CCC(CCN(C)C)(C3=CCCC3)C2=O)c1. The van der Waals surface area contributed by atoms with Crippen molar-refractivity contribution in [2.45, 2.75) is 38.5 Å². The minimum atomic E-state index is -0.258. The van der Waals surface area contributed by atoms with Gasteiger partial charge in [0, 0.05) is 0 Å². The number of hydrogen-bond acceptors (Lipinski definition) is 3. The normalized spacial score (nSPS) is 25.0. The van der Waals surface area contributed by atoms with Gasteiger partial charge in [0.15, 0.2) is 5.78 Å². The van der Waals surface area contributed by atoms with Crippen LogP contribution in [0.2, 0.25) is 0 Å². The zero-order chi connectivity index (χ0) is 17.9. The van der Waals surface area contributed by atoms with Gasteiger partial charge in [-0.3, -0.25) is 4.79 Å². The van der Waals surface area contributed by atoms with Gasteiger partial charge in [0.05, 0.1) is 12.5 Å². The Hall–Kier alpha value is -1.87. The average molecular weight is 339 g/mol. The zero-order valence-electron chi connectivity index (χ0n) is 15.7. The van der Waals surface area contributed by atoms with Crippen LogP contribution in [-0.2, 0) is 4.79 Å². The van der Waals surface area contributed by atoms with Crippen molar-refractivity contribution in [3.05, 3.63) is 47.1 Å². The van der Waals surface area contributed by atoms with Crippen LogP contribution in [0.4, 0.5) is 0 Å². The lowest BCUT2D eigenvalue weighted by molar-refractivity contribution is -0.121. The van der Waals surface area contributed by atoms with Crippen LogP contribution in [0.1, 0.15) is 44.1 Å². The van der Waals surface area contributed by atoms with E-state index in [0.29, 0.717) is 5.78 Å². The lowest BCUT2D eigenvalue weighted by Gasteiger charge is -2.30. The Morgan fingerprint density at radius 1 is 1.28 bits per heavy atom. The van der Waals surface area contributed by atoms with Crippen LogP contribution >= 0.6 is 0 Å². The average Bonchev–Trinajstić information content (AvgIpc) is 3.24. The molecule has 0 aliphatic heterocycles. The summed E-state index contributed by atoms with van der Waals surface area (Å²) in [6.45, 7) is 0.954. The maximum atomic E-state index is 13.4. The van der Waals surface area contributed by atoms with Gasteiger partial charge in [0.1, 0.15) is 5.75 Å². The number of carbonyl (C=O) groups excluding carboxylic acids is 1. The number of carbonyl (C=O) groups is 1. The van der Waals surface area contributed by atoms with Gasteiger partial charge in [0.2, 0.25) is 0 Å². The van der Waals surface area contributed by atoms with Crippen LogP contribution in [0.25, 0.3) is 6.08 Å². The Morgan fingerprint density at radius 2 is 2.12 bits per heavy atom. The molecule has 1 atom stereocenters. The summed E-state index contributed by atoms with van der Waals surface area (Å²) in [6, 6.07) is 7.94. The van der Waals surface area contributed by atoms with Crippen LogP contribution in [0.15, 0.2) is 41.5 Å². The van der Waals surface area contributed by atoms with Gasteiger partial charge < -0.3 is 9.64 Å². The van der Waals surface area contributed by atoms with Crippen molar-refractivity contribution in [3.63, 3.8) is 0 Å². The van der Waals surface area contributed by atoms with E-state index in [9.17, 15) is 4.79 Å². The number of methoxy groups -OCH3 is 1. The van der Waals surface area contributed by atoms with Crippen molar-refractivity contribution in [3.8, 4) is 5.75 Å². The molecule has 3 rings (SSSR count). The third kappa shape index (κ3) is 3.72. The monoisotopic (exact) mass is 339 g/mol. The molecule has 0 N–H and O–H groups in total. The van der Waals surface area contributed by atoms with Crippen molar-refractivity contribution < 1.29 is 9.53 Å². The van der Waals surface area contributed by atoms with Gasteiger partial charge in [-0.2, -0.15) is 0 Å². The molecule has 134 valence electrons. The summed E-state index contributed by atoms with van der Waals surface area (Å²) in [5, 5.41) is 0. The fourth-order valence-corrected chi connectivity index (χ4v) is 4.18. The van der Waals surface area contributed by atoms with Gasteiger partial charge in [-0.25, -0.2) is 0 Å². The molecule has 1 unspecified atom stereocenters. The molecule has 0 heterocycles. The highest BCUT2D eigenvalue weighted by atomic mass is 16.5. The molecule has 1 aromatic rings. The number of ketones is 1. The molecule has 3 nitrogen and oxygen atoms in total. The molecule has 25 heavy (non-hydrogen) atoms. The molecule has 1 fully saturated rings.